The molecule has 0 unspecified atom stereocenters. The van der Waals surface area contributed by atoms with Crippen LogP contribution in [-0.2, 0) is 14.9 Å². The number of thiocarbonyl (C=S) groups is 1. The number of nitrogens with one attached hydrogen (secondary N) is 1. The van der Waals surface area contributed by atoms with E-state index in [-0.39, 0.29) is 19.1 Å². The summed E-state index contributed by atoms with van der Waals surface area (Å²) in [6, 6.07) is -0.149. The number of methoxy groups -OCH3 is 1. The van der Waals surface area contributed by atoms with E-state index in [2.05, 4.69) is 4.72 Å². The zero-order valence-corrected chi connectivity index (χ0v) is 12.1. The molecular formula is C9H21N3O3S2. The predicted molar refractivity (Wildman–Crippen MR) is 72.0 cm³/mol. The molecule has 0 bridgehead atoms. The maximum Gasteiger partial charge on any atom is 0.279 e. The molecule has 0 aliphatic rings. The van der Waals surface area contributed by atoms with Gasteiger partial charge in [0.1, 0.15) is 0 Å². The van der Waals surface area contributed by atoms with Crippen LogP contribution in [0.4, 0.5) is 0 Å². The molecular weight excluding hydrogens is 262 g/mol. The van der Waals surface area contributed by atoms with Crippen molar-refractivity contribution in [2.45, 2.75) is 26.3 Å². The lowest BCUT2D eigenvalue weighted by Crippen LogP contribution is -2.46. The number of nitrogens with zero attached hydrogens (tertiary/aromatic N) is 1. The molecule has 0 rings (SSSR count). The third-order valence-electron chi connectivity index (χ3n) is 2.05. The van der Waals surface area contributed by atoms with E-state index in [4.69, 9.17) is 22.7 Å². The lowest BCUT2D eigenvalue weighted by molar-refractivity contribution is 0.203. The third kappa shape index (κ3) is 6.89. The monoisotopic (exact) mass is 283 g/mol. The SMILES string of the molecule is COCCNS(=O)(=O)N(CCC(N)=S)C(C)C. The highest BCUT2D eigenvalue weighted by Crippen LogP contribution is 2.06. The van der Waals surface area contributed by atoms with E-state index in [9.17, 15) is 8.42 Å². The molecule has 0 aromatic heterocycles. The first-order valence-corrected chi connectivity index (χ1v) is 7.19. The molecule has 0 aromatic rings. The van der Waals surface area contributed by atoms with Gasteiger partial charge < -0.3 is 10.5 Å². The van der Waals surface area contributed by atoms with E-state index >= 15 is 0 Å². The first-order chi connectivity index (χ1) is 7.81. The molecule has 17 heavy (non-hydrogen) atoms. The van der Waals surface area contributed by atoms with E-state index in [0.29, 0.717) is 18.0 Å². The Morgan fingerprint density at radius 1 is 1.53 bits per heavy atom. The van der Waals surface area contributed by atoms with Gasteiger partial charge in [-0.05, 0) is 13.8 Å². The first-order valence-electron chi connectivity index (χ1n) is 5.35. The maximum atomic E-state index is 11.9. The number of ether oxygens (including phenoxy) is 1. The summed E-state index contributed by atoms with van der Waals surface area (Å²) in [7, 11) is -1.99. The Balaban J connectivity index is 4.51. The van der Waals surface area contributed by atoms with Gasteiger partial charge in [-0.15, -0.1) is 0 Å². The van der Waals surface area contributed by atoms with Crippen molar-refractivity contribution in [1.82, 2.24) is 9.03 Å². The van der Waals surface area contributed by atoms with Gasteiger partial charge in [-0.1, -0.05) is 12.2 Å². The summed E-state index contributed by atoms with van der Waals surface area (Å²) in [6.45, 7) is 4.47. The smallest absolute Gasteiger partial charge is 0.279 e. The van der Waals surface area contributed by atoms with Gasteiger partial charge in [0.2, 0.25) is 0 Å². The van der Waals surface area contributed by atoms with Crippen LogP contribution in [0.1, 0.15) is 20.3 Å². The van der Waals surface area contributed by atoms with Crippen molar-refractivity contribution < 1.29 is 13.2 Å². The van der Waals surface area contributed by atoms with Crippen LogP contribution in [-0.4, -0.2) is 50.6 Å². The summed E-state index contributed by atoms with van der Waals surface area (Å²) in [6.07, 6.45) is 0.374. The summed E-state index contributed by atoms with van der Waals surface area (Å²) in [4.78, 5) is 0.308. The van der Waals surface area contributed by atoms with Crippen molar-refractivity contribution in [2.75, 3.05) is 26.8 Å². The van der Waals surface area contributed by atoms with Crippen molar-refractivity contribution in [2.24, 2.45) is 5.73 Å². The Labute approximate surface area is 109 Å². The Bertz CT molecular complexity index is 330. The molecule has 8 heteroatoms. The van der Waals surface area contributed by atoms with Crippen molar-refractivity contribution in [1.29, 1.82) is 0 Å². The molecule has 0 saturated heterocycles. The summed E-state index contributed by atoms with van der Waals surface area (Å²) in [5.74, 6) is 0. The van der Waals surface area contributed by atoms with Crippen molar-refractivity contribution >= 4 is 27.4 Å². The minimum absolute atomic E-state index is 0.149. The van der Waals surface area contributed by atoms with E-state index < -0.39 is 10.2 Å². The van der Waals surface area contributed by atoms with E-state index in [1.807, 2.05) is 0 Å². The highest BCUT2D eigenvalue weighted by Gasteiger charge is 2.23. The molecule has 0 aliphatic carbocycles. The van der Waals surface area contributed by atoms with Crippen LogP contribution < -0.4 is 10.5 Å². The first kappa shape index (κ1) is 16.7. The van der Waals surface area contributed by atoms with Crippen molar-refractivity contribution in [3.63, 3.8) is 0 Å². The van der Waals surface area contributed by atoms with Crippen molar-refractivity contribution in [3.8, 4) is 0 Å². The molecule has 0 fully saturated rings. The van der Waals surface area contributed by atoms with Crippen LogP contribution in [0.5, 0.6) is 0 Å². The molecule has 0 atom stereocenters. The normalized spacial score (nSPS) is 12.3. The second-order valence-corrected chi connectivity index (χ2v) is 6.05. The number of nitrogens with two attached hydrogens (primary N) is 1. The van der Waals surface area contributed by atoms with Gasteiger partial charge in [-0.3, -0.25) is 0 Å². The molecule has 0 aromatic carbocycles. The van der Waals surface area contributed by atoms with E-state index in [0.717, 1.165) is 0 Å². The minimum Gasteiger partial charge on any atom is -0.393 e. The Morgan fingerprint density at radius 3 is 2.53 bits per heavy atom. The Kier molecular flexibility index (Phi) is 7.80. The average molecular weight is 283 g/mol. The highest BCUT2D eigenvalue weighted by atomic mass is 32.2. The maximum absolute atomic E-state index is 11.9. The van der Waals surface area contributed by atoms with Crippen LogP contribution in [0.15, 0.2) is 0 Å². The number of hydrogen-bond donors (Lipinski definition) is 2. The highest BCUT2D eigenvalue weighted by molar-refractivity contribution is 7.87. The number of rotatable bonds is 9. The van der Waals surface area contributed by atoms with Crippen LogP contribution in [0.3, 0.4) is 0 Å². The molecule has 0 amide bonds. The molecule has 0 saturated carbocycles. The topological polar surface area (TPSA) is 84.7 Å². The molecule has 102 valence electrons. The van der Waals surface area contributed by atoms with Gasteiger partial charge in [0, 0.05) is 32.7 Å². The molecule has 0 aliphatic heterocycles. The van der Waals surface area contributed by atoms with Crippen LogP contribution in [0, 0.1) is 0 Å². The van der Waals surface area contributed by atoms with Crippen LogP contribution >= 0.6 is 12.2 Å². The standard InChI is InChI=1S/C9H21N3O3S2/c1-8(2)12(6-4-9(10)16)17(13,14)11-5-7-15-3/h8,11H,4-7H2,1-3H3,(H2,10,16). The average Bonchev–Trinajstić information content (AvgIpc) is 2.16. The van der Waals surface area contributed by atoms with E-state index in [1.165, 1.54) is 11.4 Å². The van der Waals surface area contributed by atoms with Gasteiger partial charge in [0.05, 0.1) is 11.6 Å². The zero-order valence-electron chi connectivity index (χ0n) is 10.5. The summed E-state index contributed by atoms with van der Waals surface area (Å²) >= 11 is 4.75. The fraction of sp³-hybridized carbons (Fsp3) is 0.889. The minimum atomic E-state index is -3.50. The largest absolute Gasteiger partial charge is 0.393 e. The molecule has 6 nitrogen and oxygen atoms in total. The fourth-order valence-corrected chi connectivity index (χ4v) is 2.72. The van der Waals surface area contributed by atoms with Gasteiger partial charge >= 0.3 is 0 Å². The third-order valence-corrected chi connectivity index (χ3v) is 4.05. The predicted octanol–water partition coefficient (Wildman–Crippen LogP) is -0.146. The van der Waals surface area contributed by atoms with Gasteiger partial charge in [0.15, 0.2) is 0 Å². The summed E-state index contributed by atoms with van der Waals surface area (Å²) in [5, 5.41) is 0. The zero-order chi connectivity index (χ0) is 13.5. The molecule has 0 radical (unpaired) electrons. The van der Waals surface area contributed by atoms with Gasteiger partial charge in [0.25, 0.3) is 10.2 Å². The molecule has 0 heterocycles. The van der Waals surface area contributed by atoms with Crippen LogP contribution in [0.25, 0.3) is 0 Å². The molecule has 3 N–H and O–H groups in total. The van der Waals surface area contributed by atoms with Gasteiger partial charge in [-0.2, -0.15) is 17.4 Å². The summed E-state index contributed by atoms with van der Waals surface area (Å²) < 4.78 is 32.4. The summed E-state index contributed by atoms with van der Waals surface area (Å²) in [5.41, 5.74) is 5.38. The lowest BCUT2D eigenvalue weighted by atomic mass is 10.3. The van der Waals surface area contributed by atoms with E-state index in [1.54, 1.807) is 13.8 Å². The Hall–Kier alpha value is -0.280. The second-order valence-electron chi connectivity index (χ2n) is 3.81. The van der Waals surface area contributed by atoms with Gasteiger partial charge in [-0.25, -0.2) is 0 Å². The van der Waals surface area contributed by atoms with Crippen LogP contribution in [0.2, 0.25) is 0 Å². The fourth-order valence-electron chi connectivity index (χ4n) is 1.23. The quantitative estimate of drug-likeness (QED) is 0.454. The van der Waals surface area contributed by atoms with Crippen molar-refractivity contribution in [3.05, 3.63) is 0 Å². The molecule has 0 spiro atoms. The lowest BCUT2D eigenvalue weighted by Gasteiger charge is -2.25. The second kappa shape index (κ2) is 7.93. The number of hydrogen-bond acceptors (Lipinski definition) is 4. The Morgan fingerprint density at radius 2 is 2.12 bits per heavy atom.